The molecular formula is C13H16F2N4S2. The molecule has 1 heterocycles. The Morgan fingerprint density at radius 1 is 1.29 bits per heavy atom. The molecule has 0 saturated heterocycles. The van der Waals surface area contributed by atoms with Crippen molar-refractivity contribution in [1.29, 1.82) is 0 Å². The summed E-state index contributed by atoms with van der Waals surface area (Å²) in [6.07, 6.45) is 0.433. The van der Waals surface area contributed by atoms with Crippen LogP contribution in [0.3, 0.4) is 0 Å². The van der Waals surface area contributed by atoms with Gasteiger partial charge in [0.1, 0.15) is 11.6 Å². The molecule has 0 aliphatic carbocycles. The van der Waals surface area contributed by atoms with Crippen molar-refractivity contribution in [1.82, 2.24) is 10.2 Å². The zero-order valence-corrected chi connectivity index (χ0v) is 13.6. The minimum absolute atomic E-state index is 0.0649. The van der Waals surface area contributed by atoms with Gasteiger partial charge in [0, 0.05) is 20.1 Å². The molecule has 2 rings (SSSR count). The largest absolute Gasteiger partial charge is 0.353 e. The van der Waals surface area contributed by atoms with Crippen LogP contribution in [0.4, 0.5) is 13.9 Å². The predicted octanol–water partition coefficient (Wildman–Crippen LogP) is 2.92. The van der Waals surface area contributed by atoms with Crippen LogP contribution in [0.25, 0.3) is 0 Å². The molecule has 0 saturated carbocycles. The second kappa shape index (κ2) is 6.67. The van der Waals surface area contributed by atoms with Crippen molar-refractivity contribution in [3.05, 3.63) is 29.3 Å². The third kappa shape index (κ3) is 4.12. The lowest BCUT2D eigenvalue weighted by Gasteiger charge is -2.08. The Kier molecular flexibility index (Phi) is 5.13. The Balaban J connectivity index is 2.23. The molecule has 4 nitrogen and oxygen atoms in total. The van der Waals surface area contributed by atoms with Gasteiger partial charge in [-0.25, -0.2) is 8.78 Å². The molecular weight excluding hydrogens is 314 g/mol. The number of aromatic nitrogens is 2. The fourth-order valence-corrected chi connectivity index (χ4v) is 3.42. The Labute approximate surface area is 130 Å². The Hall–Kier alpha value is -1.25. The van der Waals surface area contributed by atoms with Crippen molar-refractivity contribution in [2.24, 2.45) is 5.73 Å². The summed E-state index contributed by atoms with van der Waals surface area (Å²) in [4.78, 5) is 1.73. The van der Waals surface area contributed by atoms with Crippen molar-refractivity contribution < 1.29 is 8.78 Å². The average Bonchev–Trinajstić information content (AvgIpc) is 2.81. The summed E-state index contributed by atoms with van der Waals surface area (Å²) in [5, 5.41) is 8.55. The third-order valence-corrected chi connectivity index (χ3v) is 4.82. The fourth-order valence-electron chi connectivity index (χ4n) is 1.71. The van der Waals surface area contributed by atoms with Crippen LogP contribution in [0.2, 0.25) is 0 Å². The van der Waals surface area contributed by atoms with Crippen LogP contribution in [0.5, 0.6) is 0 Å². The van der Waals surface area contributed by atoms with Gasteiger partial charge in [-0.05, 0) is 31.0 Å². The number of benzene rings is 1. The normalized spacial score (nSPS) is 12.5. The summed E-state index contributed by atoms with van der Waals surface area (Å²) < 4.78 is 28.6. The first kappa shape index (κ1) is 16.1. The van der Waals surface area contributed by atoms with E-state index in [1.165, 1.54) is 23.5 Å². The molecule has 2 N–H and O–H groups in total. The first-order valence-electron chi connectivity index (χ1n) is 6.29. The fraction of sp³-hybridized carbons (Fsp3) is 0.385. The molecule has 0 radical (unpaired) electrons. The average molecular weight is 330 g/mol. The minimum Gasteiger partial charge on any atom is -0.353 e. The molecule has 21 heavy (non-hydrogen) atoms. The molecule has 1 aromatic carbocycles. The van der Waals surface area contributed by atoms with E-state index in [4.69, 9.17) is 5.73 Å². The number of hydrogen-bond acceptors (Lipinski definition) is 6. The Bertz CT molecular complexity index is 605. The van der Waals surface area contributed by atoms with E-state index in [2.05, 4.69) is 10.2 Å². The molecule has 0 spiro atoms. The van der Waals surface area contributed by atoms with Crippen LogP contribution in [0.15, 0.2) is 21.4 Å². The van der Waals surface area contributed by atoms with Gasteiger partial charge in [-0.2, -0.15) is 0 Å². The van der Waals surface area contributed by atoms with E-state index < -0.39 is 11.6 Å². The number of hydrogen-bond donors (Lipinski definition) is 1. The van der Waals surface area contributed by atoms with Crippen molar-refractivity contribution in [2.45, 2.75) is 28.6 Å². The van der Waals surface area contributed by atoms with Crippen molar-refractivity contribution in [3.8, 4) is 0 Å². The number of nitrogens with zero attached hydrogens (tertiary/aromatic N) is 3. The van der Waals surface area contributed by atoms with Gasteiger partial charge in [-0.1, -0.05) is 23.1 Å². The molecule has 0 aliphatic heterocycles. The molecule has 114 valence electrons. The highest BCUT2D eigenvalue weighted by Crippen LogP contribution is 2.36. The van der Waals surface area contributed by atoms with E-state index in [9.17, 15) is 8.78 Å². The summed E-state index contributed by atoms with van der Waals surface area (Å²) >= 11 is 2.23. The highest BCUT2D eigenvalue weighted by molar-refractivity contribution is 8.01. The van der Waals surface area contributed by atoms with Gasteiger partial charge in [0.25, 0.3) is 0 Å². The summed E-state index contributed by atoms with van der Waals surface area (Å²) in [7, 11) is 3.66. The van der Waals surface area contributed by atoms with Crippen molar-refractivity contribution in [2.75, 3.05) is 19.0 Å². The summed E-state index contributed by atoms with van der Waals surface area (Å²) in [5.41, 5.74) is 6.20. The maximum Gasteiger partial charge on any atom is 0.208 e. The highest BCUT2D eigenvalue weighted by Gasteiger charge is 2.16. The van der Waals surface area contributed by atoms with Crippen molar-refractivity contribution >= 4 is 28.2 Å². The van der Waals surface area contributed by atoms with Crippen LogP contribution in [0, 0.1) is 11.6 Å². The van der Waals surface area contributed by atoms with Gasteiger partial charge in [0.2, 0.25) is 5.13 Å². The predicted molar refractivity (Wildman–Crippen MR) is 82.1 cm³/mol. The summed E-state index contributed by atoms with van der Waals surface area (Å²) in [6.45, 7) is 1.79. The standard InChI is InChI=1S/C13H16F2N4S2/c1-7(16)4-8-5-9(14)11(10(15)6-8)20-13-18-17-12(21-13)19(2)3/h5-7H,4,16H2,1-3H3. The second-order valence-electron chi connectivity index (χ2n) is 4.92. The third-order valence-electron chi connectivity index (χ3n) is 2.58. The lowest BCUT2D eigenvalue weighted by atomic mass is 10.1. The van der Waals surface area contributed by atoms with Crippen LogP contribution in [-0.2, 0) is 6.42 Å². The molecule has 0 aliphatic rings. The van der Waals surface area contributed by atoms with E-state index in [1.54, 1.807) is 11.8 Å². The topological polar surface area (TPSA) is 55.0 Å². The van der Waals surface area contributed by atoms with Gasteiger partial charge in [-0.15, -0.1) is 10.2 Å². The van der Waals surface area contributed by atoms with E-state index >= 15 is 0 Å². The van der Waals surface area contributed by atoms with E-state index in [-0.39, 0.29) is 10.9 Å². The maximum atomic E-state index is 14.1. The van der Waals surface area contributed by atoms with Crippen LogP contribution < -0.4 is 10.6 Å². The molecule has 0 amide bonds. The first-order valence-corrected chi connectivity index (χ1v) is 7.92. The molecule has 0 bridgehead atoms. The zero-order valence-electron chi connectivity index (χ0n) is 11.9. The molecule has 2 aromatic rings. The quantitative estimate of drug-likeness (QED) is 0.913. The summed E-state index contributed by atoms with van der Waals surface area (Å²) in [5.74, 6) is -1.20. The lowest BCUT2D eigenvalue weighted by Crippen LogP contribution is -2.18. The Morgan fingerprint density at radius 2 is 1.90 bits per heavy atom. The number of anilines is 1. The van der Waals surface area contributed by atoms with Crippen LogP contribution in [0.1, 0.15) is 12.5 Å². The first-order chi connectivity index (χ1) is 9.86. The lowest BCUT2D eigenvalue weighted by molar-refractivity contribution is 0.535. The molecule has 0 fully saturated rings. The highest BCUT2D eigenvalue weighted by atomic mass is 32.2. The van der Waals surface area contributed by atoms with Crippen molar-refractivity contribution in [3.63, 3.8) is 0 Å². The molecule has 1 atom stereocenters. The number of rotatable bonds is 5. The second-order valence-corrected chi connectivity index (χ2v) is 7.13. The van der Waals surface area contributed by atoms with E-state index in [1.807, 2.05) is 14.1 Å². The number of nitrogens with two attached hydrogens (primary N) is 1. The van der Waals surface area contributed by atoms with Gasteiger partial charge >= 0.3 is 0 Å². The molecule has 1 aromatic heterocycles. The smallest absolute Gasteiger partial charge is 0.208 e. The van der Waals surface area contributed by atoms with Gasteiger partial charge < -0.3 is 10.6 Å². The van der Waals surface area contributed by atoms with Gasteiger partial charge in [0.15, 0.2) is 4.34 Å². The Morgan fingerprint density at radius 3 is 2.38 bits per heavy atom. The maximum absolute atomic E-state index is 14.1. The summed E-state index contributed by atoms with van der Waals surface area (Å²) in [6, 6.07) is 2.50. The molecule has 8 heteroatoms. The number of halogens is 2. The van der Waals surface area contributed by atoms with Crippen LogP contribution >= 0.6 is 23.1 Å². The molecule has 1 unspecified atom stereocenters. The van der Waals surface area contributed by atoms with E-state index in [0.717, 1.165) is 11.8 Å². The van der Waals surface area contributed by atoms with Crippen LogP contribution in [-0.4, -0.2) is 30.3 Å². The minimum atomic E-state index is -0.600. The van der Waals surface area contributed by atoms with E-state index in [0.29, 0.717) is 21.5 Å². The SMILES string of the molecule is CC(N)Cc1cc(F)c(Sc2nnc(N(C)C)s2)c(F)c1. The van der Waals surface area contributed by atoms with Gasteiger partial charge in [-0.3, -0.25) is 0 Å². The monoisotopic (exact) mass is 330 g/mol. The zero-order chi connectivity index (χ0) is 15.6. The van der Waals surface area contributed by atoms with Gasteiger partial charge in [0.05, 0.1) is 4.90 Å².